The van der Waals surface area contributed by atoms with Gasteiger partial charge in [0.2, 0.25) is 0 Å². The number of aromatic nitrogens is 1. The highest BCUT2D eigenvalue weighted by Gasteiger charge is 2.07. The maximum Gasteiger partial charge on any atom is 0.182 e. The van der Waals surface area contributed by atoms with Crippen LogP contribution in [0.15, 0.2) is 5.38 Å². The Hall–Kier alpha value is -0.700. The minimum atomic E-state index is 0.192. The van der Waals surface area contributed by atoms with Gasteiger partial charge in [-0.2, -0.15) is 0 Å². The van der Waals surface area contributed by atoms with Crippen LogP contribution in [0, 0.1) is 6.92 Å². The fourth-order valence-corrected chi connectivity index (χ4v) is 1.77. The Kier molecular flexibility index (Phi) is 4.09. The molecule has 0 aromatic carbocycles. The quantitative estimate of drug-likeness (QED) is 0.536. The number of nitrogens with zero attached hydrogens (tertiary/aromatic N) is 1. The highest BCUT2D eigenvalue weighted by Crippen LogP contribution is 2.11. The Balaban J connectivity index is 2.40. The summed E-state index contributed by atoms with van der Waals surface area (Å²) < 4.78 is 0. The average molecular weight is 197 g/mol. The van der Waals surface area contributed by atoms with Gasteiger partial charge in [0.15, 0.2) is 5.78 Å². The zero-order valence-corrected chi connectivity index (χ0v) is 8.99. The third-order valence-electron chi connectivity index (χ3n) is 1.91. The largest absolute Gasteiger partial charge is 0.292 e. The van der Waals surface area contributed by atoms with Gasteiger partial charge in [-0.1, -0.05) is 19.8 Å². The first-order valence-corrected chi connectivity index (χ1v) is 5.57. The van der Waals surface area contributed by atoms with Crippen molar-refractivity contribution in [2.75, 3.05) is 0 Å². The number of carbonyl (C=O) groups excluding carboxylic acids is 1. The van der Waals surface area contributed by atoms with Crippen molar-refractivity contribution >= 4 is 17.1 Å². The lowest BCUT2D eigenvalue weighted by Crippen LogP contribution is -1.99. The Morgan fingerprint density at radius 2 is 2.31 bits per heavy atom. The van der Waals surface area contributed by atoms with Crippen LogP contribution in [0.3, 0.4) is 0 Å². The van der Waals surface area contributed by atoms with Crippen molar-refractivity contribution < 1.29 is 4.79 Å². The van der Waals surface area contributed by atoms with E-state index in [1.165, 1.54) is 11.3 Å². The van der Waals surface area contributed by atoms with Crippen molar-refractivity contribution in [3.63, 3.8) is 0 Å². The lowest BCUT2D eigenvalue weighted by Gasteiger charge is -1.95. The zero-order valence-electron chi connectivity index (χ0n) is 8.17. The molecule has 0 saturated carbocycles. The van der Waals surface area contributed by atoms with Crippen LogP contribution in [0.2, 0.25) is 0 Å². The molecule has 1 aromatic rings. The van der Waals surface area contributed by atoms with Gasteiger partial charge in [0, 0.05) is 11.8 Å². The normalized spacial score (nSPS) is 10.3. The lowest BCUT2D eigenvalue weighted by atomic mass is 10.1. The fraction of sp³-hybridized carbons (Fsp3) is 0.600. The molecule has 1 rings (SSSR count). The topological polar surface area (TPSA) is 30.0 Å². The summed E-state index contributed by atoms with van der Waals surface area (Å²) in [7, 11) is 0. The lowest BCUT2D eigenvalue weighted by molar-refractivity contribution is 0.0975. The number of thiazole rings is 1. The summed E-state index contributed by atoms with van der Waals surface area (Å²) in [5.41, 5.74) is 0.651. The van der Waals surface area contributed by atoms with Crippen molar-refractivity contribution in [3.8, 4) is 0 Å². The molecule has 72 valence electrons. The summed E-state index contributed by atoms with van der Waals surface area (Å²) >= 11 is 1.54. The molecule has 1 heterocycles. The van der Waals surface area contributed by atoms with Crippen molar-refractivity contribution in [2.45, 2.75) is 39.5 Å². The maximum absolute atomic E-state index is 11.5. The number of hydrogen-bond acceptors (Lipinski definition) is 3. The number of carbonyl (C=O) groups is 1. The number of Topliss-reactive ketones (excluding diaryl/α,β-unsaturated/α-hetero) is 1. The average Bonchev–Trinajstić information content (AvgIpc) is 2.52. The van der Waals surface area contributed by atoms with E-state index in [1.54, 1.807) is 0 Å². The van der Waals surface area contributed by atoms with Gasteiger partial charge < -0.3 is 0 Å². The van der Waals surface area contributed by atoms with Crippen molar-refractivity contribution in [3.05, 3.63) is 16.1 Å². The van der Waals surface area contributed by atoms with Gasteiger partial charge in [0.05, 0.1) is 5.01 Å². The molecule has 0 amide bonds. The van der Waals surface area contributed by atoms with Crippen molar-refractivity contribution in [2.24, 2.45) is 0 Å². The predicted octanol–water partition coefficient (Wildman–Crippen LogP) is 3.21. The second-order valence-corrected chi connectivity index (χ2v) is 4.19. The summed E-state index contributed by atoms with van der Waals surface area (Å²) in [6.45, 7) is 4.06. The molecule has 0 atom stereocenters. The minimum Gasteiger partial charge on any atom is -0.292 e. The minimum absolute atomic E-state index is 0.192. The first-order chi connectivity index (χ1) is 6.24. The molecule has 0 aliphatic carbocycles. The standard InChI is InChI=1S/C10H15NOS/c1-3-4-5-6-10(12)9-7-13-8(2)11-9/h7H,3-6H2,1-2H3. The third-order valence-corrected chi connectivity index (χ3v) is 2.69. The van der Waals surface area contributed by atoms with Crippen molar-refractivity contribution in [1.82, 2.24) is 4.98 Å². The Labute approximate surface area is 83.0 Å². The van der Waals surface area contributed by atoms with Crippen LogP contribution in [0.5, 0.6) is 0 Å². The van der Waals surface area contributed by atoms with E-state index >= 15 is 0 Å². The molecule has 13 heavy (non-hydrogen) atoms. The van der Waals surface area contributed by atoms with E-state index in [1.807, 2.05) is 12.3 Å². The molecule has 0 aliphatic rings. The summed E-state index contributed by atoms with van der Waals surface area (Å²) in [6.07, 6.45) is 3.93. The molecule has 2 nitrogen and oxygen atoms in total. The van der Waals surface area contributed by atoms with E-state index in [9.17, 15) is 4.79 Å². The molecular formula is C10H15NOS. The van der Waals surface area contributed by atoms with Crippen molar-refractivity contribution in [1.29, 1.82) is 0 Å². The van der Waals surface area contributed by atoms with E-state index in [0.29, 0.717) is 12.1 Å². The van der Waals surface area contributed by atoms with Gasteiger partial charge in [-0.05, 0) is 13.3 Å². The molecule has 0 saturated heterocycles. The number of ketones is 1. The van der Waals surface area contributed by atoms with Gasteiger partial charge in [0.1, 0.15) is 5.69 Å². The van der Waals surface area contributed by atoms with Gasteiger partial charge in [-0.3, -0.25) is 4.79 Å². The summed E-state index contributed by atoms with van der Waals surface area (Å²) in [5, 5.41) is 2.82. The second-order valence-electron chi connectivity index (χ2n) is 3.13. The number of hydrogen-bond donors (Lipinski definition) is 0. The van der Waals surface area contributed by atoms with Gasteiger partial charge in [0.25, 0.3) is 0 Å². The fourth-order valence-electron chi connectivity index (χ4n) is 1.16. The highest BCUT2D eigenvalue weighted by molar-refractivity contribution is 7.09. The third kappa shape index (κ3) is 3.27. The Morgan fingerprint density at radius 3 is 2.85 bits per heavy atom. The smallest absolute Gasteiger partial charge is 0.182 e. The van der Waals surface area contributed by atoms with Gasteiger partial charge >= 0.3 is 0 Å². The summed E-state index contributed by atoms with van der Waals surface area (Å²) in [5.74, 6) is 0.192. The van der Waals surface area contributed by atoms with E-state index < -0.39 is 0 Å². The molecule has 0 radical (unpaired) electrons. The van der Waals surface area contributed by atoms with Crippen LogP contribution in [0.4, 0.5) is 0 Å². The first kappa shape index (κ1) is 10.4. The SMILES string of the molecule is CCCCCC(=O)c1csc(C)n1. The van der Waals surface area contributed by atoms with E-state index in [-0.39, 0.29) is 5.78 Å². The van der Waals surface area contributed by atoms with Gasteiger partial charge in [-0.25, -0.2) is 4.98 Å². The molecule has 0 unspecified atom stereocenters. The predicted molar refractivity (Wildman–Crippen MR) is 55.3 cm³/mol. The summed E-state index contributed by atoms with van der Waals surface area (Å²) in [6, 6.07) is 0. The molecule has 0 aliphatic heterocycles. The molecule has 3 heteroatoms. The maximum atomic E-state index is 11.5. The Morgan fingerprint density at radius 1 is 1.54 bits per heavy atom. The number of rotatable bonds is 5. The van der Waals surface area contributed by atoms with Crippen LogP contribution in [-0.2, 0) is 0 Å². The molecule has 1 aromatic heterocycles. The van der Waals surface area contributed by atoms with E-state index in [0.717, 1.165) is 24.3 Å². The number of unbranched alkanes of at least 4 members (excludes halogenated alkanes) is 2. The second kappa shape index (κ2) is 5.12. The van der Waals surface area contributed by atoms with E-state index in [2.05, 4.69) is 11.9 Å². The zero-order chi connectivity index (χ0) is 9.68. The molecule has 0 bridgehead atoms. The molecule has 0 spiro atoms. The van der Waals surface area contributed by atoms with E-state index in [4.69, 9.17) is 0 Å². The van der Waals surface area contributed by atoms with Gasteiger partial charge in [-0.15, -0.1) is 11.3 Å². The molecule has 0 fully saturated rings. The van der Waals surface area contributed by atoms with Crippen LogP contribution in [-0.4, -0.2) is 10.8 Å². The molecule has 0 N–H and O–H groups in total. The molecular weight excluding hydrogens is 182 g/mol. The van der Waals surface area contributed by atoms with Crippen LogP contribution in [0.25, 0.3) is 0 Å². The van der Waals surface area contributed by atoms with Crippen LogP contribution in [0.1, 0.15) is 48.1 Å². The monoisotopic (exact) mass is 197 g/mol. The van der Waals surface area contributed by atoms with Crippen LogP contribution >= 0.6 is 11.3 Å². The highest BCUT2D eigenvalue weighted by atomic mass is 32.1. The first-order valence-electron chi connectivity index (χ1n) is 4.69. The number of aryl methyl sites for hydroxylation is 1. The van der Waals surface area contributed by atoms with Crippen LogP contribution < -0.4 is 0 Å². The Bertz CT molecular complexity index is 280. The summed E-state index contributed by atoms with van der Waals surface area (Å²) in [4.78, 5) is 15.6.